The zero-order chi connectivity index (χ0) is 24.2. The Morgan fingerprint density at radius 1 is 1.21 bits per heavy atom. The minimum Gasteiger partial charge on any atom is -0.508 e. The van der Waals surface area contributed by atoms with Crippen LogP contribution in [0.15, 0.2) is 42.2 Å². The van der Waals surface area contributed by atoms with E-state index in [0.29, 0.717) is 11.1 Å². The van der Waals surface area contributed by atoms with Gasteiger partial charge >= 0.3 is 11.9 Å². The Bertz CT molecular complexity index is 905. The van der Waals surface area contributed by atoms with Gasteiger partial charge in [-0.3, -0.25) is 4.79 Å². The first-order valence-corrected chi connectivity index (χ1v) is 10.8. The molecule has 180 valence electrons. The zero-order valence-electron chi connectivity index (χ0n) is 18.6. The first-order chi connectivity index (χ1) is 15.7. The van der Waals surface area contributed by atoms with Gasteiger partial charge in [0.25, 0.3) is 0 Å². The highest BCUT2D eigenvalue weighted by Gasteiger charge is 2.62. The molecule has 1 aromatic rings. The van der Waals surface area contributed by atoms with Crippen LogP contribution in [0.1, 0.15) is 32.3 Å². The lowest BCUT2D eigenvalue weighted by Gasteiger charge is -2.39. The second-order valence-electron chi connectivity index (χ2n) is 8.81. The summed E-state index contributed by atoms with van der Waals surface area (Å²) in [5.74, 6) is -2.60. The molecule has 1 saturated carbocycles. The molecular weight excluding hydrogens is 432 g/mol. The third-order valence-corrected chi connectivity index (χ3v) is 5.98. The second-order valence-corrected chi connectivity index (χ2v) is 8.81. The average Bonchev–Trinajstić information content (AvgIpc) is 3.06. The molecule has 1 aromatic carbocycles. The maximum absolute atomic E-state index is 12.4. The number of aromatic hydroxyl groups is 1. The molecule has 0 saturated heterocycles. The predicted molar refractivity (Wildman–Crippen MR) is 116 cm³/mol. The summed E-state index contributed by atoms with van der Waals surface area (Å²) in [6.07, 6.45) is 1.87. The largest absolute Gasteiger partial charge is 0.508 e. The van der Waals surface area contributed by atoms with Crippen molar-refractivity contribution in [3.8, 4) is 5.75 Å². The molecule has 0 unspecified atom stereocenters. The number of aliphatic hydroxyl groups is 3. The van der Waals surface area contributed by atoms with Crippen molar-refractivity contribution in [1.29, 1.82) is 0 Å². The summed E-state index contributed by atoms with van der Waals surface area (Å²) in [4.78, 5) is 24.7. The molecular formula is C24H30O9. The number of rotatable bonds is 8. The molecule has 3 rings (SSSR count). The maximum atomic E-state index is 12.4. The van der Waals surface area contributed by atoms with Crippen LogP contribution in [0.2, 0.25) is 0 Å². The number of hydrogen-bond donors (Lipinski definition) is 4. The normalized spacial score (nSPS) is 28.8. The van der Waals surface area contributed by atoms with E-state index in [1.165, 1.54) is 30.5 Å². The Morgan fingerprint density at radius 2 is 1.91 bits per heavy atom. The lowest BCUT2D eigenvalue weighted by atomic mass is 9.80. The average molecular weight is 462 g/mol. The third kappa shape index (κ3) is 5.55. The van der Waals surface area contributed by atoms with Gasteiger partial charge in [0.05, 0.1) is 25.4 Å². The van der Waals surface area contributed by atoms with Crippen LogP contribution < -0.4 is 0 Å². The maximum Gasteiger partial charge on any atom is 0.331 e. The molecule has 1 heterocycles. The fraction of sp³-hybridized carbons (Fsp3) is 0.500. The van der Waals surface area contributed by atoms with Gasteiger partial charge in [0.2, 0.25) is 6.29 Å². The van der Waals surface area contributed by atoms with Crippen LogP contribution in [0.25, 0.3) is 6.08 Å². The summed E-state index contributed by atoms with van der Waals surface area (Å²) in [6.45, 7) is 2.58. The molecule has 33 heavy (non-hydrogen) atoms. The Balaban J connectivity index is 1.78. The van der Waals surface area contributed by atoms with Gasteiger partial charge in [-0.25, -0.2) is 4.79 Å². The molecule has 0 spiro atoms. The highest BCUT2D eigenvalue weighted by atomic mass is 16.7. The van der Waals surface area contributed by atoms with Gasteiger partial charge in [0.15, 0.2) is 0 Å². The highest BCUT2D eigenvalue weighted by Crippen LogP contribution is 2.50. The summed E-state index contributed by atoms with van der Waals surface area (Å²) >= 11 is 0. The fourth-order valence-electron chi connectivity index (χ4n) is 4.33. The van der Waals surface area contributed by atoms with Crippen LogP contribution >= 0.6 is 0 Å². The lowest BCUT2D eigenvalue weighted by molar-refractivity contribution is -0.221. The number of fused-ring (bicyclic) bond motifs is 1. The first-order valence-electron chi connectivity index (χ1n) is 10.8. The van der Waals surface area contributed by atoms with E-state index in [4.69, 9.17) is 14.2 Å². The Hall–Kier alpha value is -2.88. The second kappa shape index (κ2) is 10.4. The van der Waals surface area contributed by atoms with Crippen LogP contribution in [0.3, 0.4) is 0 Å². The lowest BCUT2D eigenvalue weighted by Crippen LogP contribution is -2.54. The topological polar surface area (TPSA) is 143 Å². The molecule has 0 aromatic heterocycles. The number of carbonyl (C=O) groups excluding carboxylic acids is 2. The number of esters is 2. The van der Waals surface area contributed by atoms with E-state index < -0.39 is 48.4 Å². The highest BCUT2D eigenvalue weighted by molar-refractivity contribution is 5.87. The number of phenols is 1. The van der Waals surface area contributed by atoms with Crippen molar-refractivity contribution in [3.05, 3.63) is 47.7 Å². The summed E-state index contributed by atoms with van der Waals surface area (Å²) in [5, 5.41) is 40.5. The molecule has 1 aliphatic carbocycles. The van der Waals surface area contributed by atoms with E-state index in [9.17, 15) is 30.0 Å². The van der Waals surface area contributed by atoms with Crippen molar-refractivity contribution < 1.29 is 44.2 Å². The summed E-state index contributed by atoms with van der Waals surface area (Å²) in [7, 11) is 0. The van der Waals surface area contributed by atoms with Crippen LogP contribution in [0, 0.1) is 17.8 Å². The molecule has 4 N–H and O–H groups in total. The summed E-state index contributed by atoms with van der Waals surface area (Å²) < 4.78 is 16.4. The van der Waals surface area contributed by atoms with Gasteiger partial charge in [-0.15, -0.1) is 0 Å². The monoisotopic (exact) mass is 462 g/mol. The molecule has 1 aliphatic heterocycles. The molecule has 5 atom stereocenters. The molecule has 0 bridgehead atoms. The van der Waals surface area contributed by atoms with Crippen LogP contribution in [-0.2, 0) is 23.8 Å². The number of aliphatic hydroxyl groups excluding tert-OH is 2. The first kappa shape index (κ1) is 24.8. The predicted octanol–water partition coefficient (Wildman–Crippen LogP) is 1.50. The summed E-state index contributed by atoms with van der Waals surface area (Å²) in [6, 6.07) is 6.17. The van der Waals surface area contributed by atoms with Crippen LogP contribution in [0.4, 0.5) is 0 Å². The quantitative estimate of drug-likeness (QED) is 0.334. The summed E-state index contributed by atoms with van der Waals surface area (Å²) in [5.41, 5.74) is -0.857. The molecule has 1 fully saturated rings. The Morgan fingerprint density at radius 3 is 2.52 bits per heavy atom. The zero-order valence-corrected chi connectivity index (χ0v) is 18.6. The van der Waals surface area contributed by atoms with Gasteiger partial charge in [-0.05, 0) is 41.7 Å². The van der Waals surface area contributed by atoms with E-state index >= 15 is 0 Å². The van der Waals surface area contributed by atoms with Gasteiger partial charge in [0, 0.05) is 18.4 Å². The van der Waals surface area contributed by atoms with E-state index in [2.05, 4.69) is 0 Å². The van der Waals surface area contributed by atoms with Crippen molar-refractivity contribution in [2.45, 2.75) is 44.7 Å². The molecule has 2 aliphatic rings. The minimum atomic E-state index is -1.95. The number of carbonyl (C=O) groups is 2. The minimum absolute atomic E-state index is 0.0507. The van der Waals surface area contributed by atoms with Crippen molar-refractivity contribution in [1.82, 2.24) is 0 Å². The van der Waals surface area contributed by atoms with Gasteiger partial charge in [-0.2, -0.15) is 0 Å². The number of phenolic OH excluding ortho intramolecular Hbond substituents is 1. The van der Waals surface area contributed by atoms with Gasteiger partial charge in [-0.1, -0.05) is 26.0 Å². The van der Waals surface area contributed by atoms with Crippen molar-refractivity contribution >= 4 is 18.0 Å². The number of hydrogen-bond acceptors (Lipinski definition) is 9. The third-order valence-electron chi connectivity index (χ3n) is 5.98. The molecule has 0 amide bonds. The standard InChI is InChI=1S/C24H30O9/c1-14(2)9-21(29)33-23-22-18(16(11-25)12-31-23)10-19(24(22,30)13-26)32-20(28)8-5-15-3-6-17(27)7-4-15/h3-8,12,14,18-19,22-23,25-27,30H,9-11,13H2,1-2H3/b8-5+/t18-,19+,22-,23+,24-/m0/s1. The Kier molecular flexibility index (Phi) is 7.78. The van der Waals surface area contributed by atoms with E-state index in [0.717, 1.165) is 0 Å². The fourth-order valence-corrected chi connectivity index (χ4v) is 4.33. The molecule has 9 nitrogen and oxygen atoms in total. The van der Waals surface area contributed by atoms with Gasteiger partial charge in [0.1, 0.15) is 17.5 Å². The van der Waals surface area contributed by atoms with E-state index in [1.54, 1.807) is 12.1 Å². The SMILES string of the molecule is CC(C)CC(=O)O[C@H]1OC=C(CO)[C@@H]2C[C@@H](OC(=O)/C=C/c3ccc(O)cc3)[C@@](O)(CO)[C@H]12. The number of ether oxygens (including phenoxy) is 3. The van der Waals surface area contributed by atoms with Crippen molar-refractivity contribution in [2.24, 2.45) is 17.8 Å². The van der Waals surface area contributed by atoms with Crippen LogP contribution in [0.5, 0.6) is 5.75 Å². The van der Waals surface area contributed by atoms with Crippen molar-refractivity contribution in [2.75, 3.05) is 13.2 Å². The van der Waals surface area contributed by atoms with E-state index in [-0.39, 0.29) is 31.1 Å². The van der Waals surface area contributed by atoms with E-state index in [1.807, 2.05) is 13.8 Å². The van der Waals surface area contributed by atoms with Crippen LogP contribution in [-0.4, -0.2) is 63.6 Å². The van der Waals surface area contributed by atoms with Crippen molar-refractivity contribution in [3.63, 3.8) is 0 Å². The smallest absolute Gasteiger partial charge is 0.331 e. The molecule has 9 heteroatoms. The van der Waals surface area contributed by atoms with Gasteiger partial charge < -0.3 is 34.6 Å². The Labute approximate surface area is 191 Å². The molecule has 0 radical (unpaired) electrons. The number of benzene rings is 1.